The van der Waals surface area contributed by atoms with Gasteiger partial charge < -0.3 is 10.2 Å². The predicted octanol–water partition coefficient (Wildman–Crippen LogP) is 4.40. The summed E-state index contributed by atoms with van der Waals surface area (Å²) in [6, 6.07) is 11.5. The molecule has 7 nitrogen and oxygen atoms in total. The van der Waals surface area contributed by atoms with Gasteiger partial charge in [-0.1, -0.05) is 53.9 Å². The first-order chi connectivity index (χ1) is 16.0. The van der Waals surface area contributed by atoms with Gasteiger partial charge in [0.2, 0.25) is 21.8 Å². The molecule has 0 saturated carbocycles. The molecule has 1 N–H and O–H groups in total. The zero-order valence-corrected chi connectivity index (χ0v) is 22.2. The molecule has 0 unspecified atom stereocenters. The summed E-state index contributed by atoms with van der Waals surface area (Å²) in [5, 5.41) is 3.48. The van der Waals surface area contributed by atoms with E-state index in [1.54, 1.807) is 30.3 Å². The van der Waals surface area contributed by atoms with Gasteiger partial charge in [0.05, 0.1) is 11.9 Å². The summed E-state index contributed by atoms with van der Waals surface area (Å²) in [4.78, 5) is 27.3. The first-order valence-electron chi connectivity index (χ1n) is 11.0. The highest BCUT2D eigenvalue weighted by Gasteiger charge is 2.28. The van der Waals surface area contributed by atoms with Crippen LogP contribution >= 0.6 is 23.2 Å². The molecule has 0 saturated heterocycles. The molecule has 0 aliphatic rings. The number of carbonyl (C=O) groups is 2. The van der Waals surface area contributed by atoms with Crippen LogP contribution in [0.25, 0.3) is 0 Å². The van der Waals surface area contributed by atoms with Crippen LogP contribution in [0.3, 0.4) is 0 Å². The number of hydrogen-bond acceptors (Lipinski definition) is 4. The number of carbonyl (C=O) groups excluding carboxylic acids is 2. The maximum atomic E-state index is 13.3. The monoisotopic (exact) mass is 527 g/mol. The molecule has 0 fully saturated rings. The van der Waals surface area contributed by atoms with Gasteiger partial charge >= 0.3 is 0 Å². The molecule has 34 heavy (non-hydrogen) atoms. The van der Waals surface area contributed by atoms with Crippen molar-refractivity contribution in [3.05, 3.63) is 63.6 Å². The van der Waals surface area contributed by atoms with Crippen LogP contribution in [0.1, 0.15) is 37.3 Å². The van der Waals surface area contributed by atoms with Crippen LogP contribution < -0.4 is 9.62 Å². The summed E-state index contributed by atoms with van der Waals surface area (Å²) in [6.07, 6.45) is 1.91. The van der Waals surface area contributed by atoms with E-state index < -0.39 is 16.1 Å². The maximum absolute atomic E-state index is 13.3. The van der Waals surface area contributed by atoms with E-state index in [4.69, 9.17) is 23.2 Å². The Bertz CT molecular complexity index is 1110. The van der Waals surface area contributed by atoms with Gasteiger partial charge in [0, 0.05) is 36.6 Å². The number of nitrogens with zero attached hydrogens (tertiary/aromatic N) is 2. The molecule has 0 spiro atoms. The lowest BCUT2D eigenvalue weighted by atomic mass is 10.1. The number of benzene rings is 2. The van der Waals surface area contributed by atoms with Crippen LogP contribution in [0, 0.1) is 6.92 Å². The molecule has 0 radical (unpaired) electrons. The zero-order valence-electron chi connectivity index (χ0n) is 19.8. The van der Waals surface area contributed by atoms with Gasteiger partial charge in [0.15, 0.2) is 0 Å². The third-order valence-electron chi connectivity index (χ3n) is 5.46. The molecule has 186 valence electrons. The van der Waals surface area contributed by atoms with Crippen molar-refractivity contribution in [2.24, 2.45) is 0 Å². The van der Waals surface area contributed by atoms with Crippen molar-refractivity contribution in [1.82, 2.24) is 10.2 Å². The normalized spacial score (nSPS) is 12.2. The summed E-state index contributed by atoms with van der Waals surface area (Å²) in [5.74, 6) is -0.544. The lowest BCUT2D eigenvalue weighted by Crippen LogP contribution is -2.48. The Balaban J connectivity index is 2.21. The second-order valence-corrected chi connectivity index (χ2v) is 10.8. The number of hydrogen-bond donors (Lipinski definition) is 1. The highest BCUT2D eigenvalue weighted by Crippen LogP contribution is 2.25. The fourth-order valence-corrected chi connectivity index (χ4v) is 5.07. The summed E-state index contributed by atoms with van der Waals surface area (Å²) in [7, 11) is -2.01. The van der Waals surface area contributed by atoms with Crippen molar-refractivity contribution in [3.63, 3.8) is 0 Å². The van der Waals surface area contributed by atoms with E-state index in [1.807, 2.05) is 26.0 Å². The van der Waals surface area contributed by atoms with Gasteiger partial charge in [-0.05, 0) is 49.6 Å². The molecular formula is C24H31Cl2N3O4S. The minimum absolute atomic E-state index is 0.0661. The number of nitrogens with one attached hydrogen (secondary N) is 1. The topological polar surface area (TPSA) is 86.8 Å². The van der Waals surface area contributed by atoms with E-state index in [0.29, 0.717) is 27.7 Å². The summed E-state index contributed by atoms with van der Waals surface area (Å²) in [5.41, 5.74) is 2.23. The number of rotatable bonds is 11. The van der Waals surface area contributed by atoms with Crippen molar-refractivity contribution in [3.8, 4) is 0 Å². The third kappa shape index (κ3) is 7.61. The average molecular weight is 529 g/mol. The quantitative estimate of drug-likeness (QED) is 0.469. The number of anilines is 1. The number of likely N-dealkylation sites (N-methyl/N-ethyl adjacent to an activating group) is 1. The number of amides is 2. The van der Waals surface area contributed by atoms with Crippen LogP contribution in [0.5, 0.6) is 0 Å². The molecule has 2 aromatic carbocycles. The van der Waals surface area contributed by atoms with E-state index in [2.05, 4.69) is 5.32 Å². The Labute approximate surface area is 212 Å². The van der Waals surface area contributed by atoms with Crippen LogP contribution in [-0.4, -0.2) is 51.0 Å². The smallest absolute Gasteiger partial charge is 0.242 e. The Hall–Kier alpha value is -2.29. The molecule has 0 aromatic heterocycles. The van der Waals surface area contributed by atoms with Gasteiger partial charge in [0.1, 0.15) is 6.04 Å². The van der Waals surface area contributed by atoms with Crippen molar-refractivity contribution >= 4 is 50.7 Å². The fourth-order valence-electron chi connectivity index (χ4n) is 3.63. The largest absolute Gasteiger partial charge is 0.357 e. The van der Waals surface area contributed by atoms with E-state index >= 15 is 0 Å². The standard InChI is InChI=1S/C24H31Cl2N3O4S/c1-5-22(24(31)27-3)28(16-18-10-11-19(25)15-21(18)26)23(30)7-6-14-29(34(4,32)33)20-12-8-17(2)9-13-20/h8-13,15,22H,5-7,14,16H2,1-4H3,(H,27,31)/t22-/m1/s1. The van der Waals surface area contributed by atoms with Gasteiger partial charge in [-0.3, -0.25) is 13.9 Å². The molecule has 2 rings (SSSR count). The fraction of sp³-hybridized carbons (Fsp3) is 0.417. The lowest BCUT2D eigenvalue weighted by molar-refractivity contribution is -0.141. The van der Waals surface area contributed by atoms with Crippen molar-refractivity contribution < 1.29 is 18.0 Å². The minimum atomic E-state index is -3.53. The minimum Gasteiger partial charge on any atom is -0.357 e. The van der Waals surface area contributed by atoms with Gasteiger partial charge in [-0.15, -0.1) is 0 Å². The zero-order chi connectivity index (χ0) is 25.5. The molecule has 0 heterocycles. The molecule has 0 bridgehead atoms. The molecule has 10 heteroatoms. The summed E-state index contributed by atoms with van der Waals surface area (Å²) < 4.78 is 26.0. The Kier molecular flexibility index (Phi) is 10.2. The predicted molar refractivity (Wildman–Crippen MR) is 138 cm³/mol. The van der Waals surface area contributed by atoms with Gasteiger partial charge in [-0.25, -0.2) is 8.42 Å². The van der Waals surface area contributed by atoms with Gasteiger partial charge in [-0.2, -0.15) is 0 Å². The Morgan fingerprint density at radius 1 is 1.09 bits per heavy atom. The van der Waals surface area contributed by atoms with Crippen LogP contribution in [0.15, 0.2) is 42.5 Å². The highest BCUT2D eigenvalue weighted by atomic mass is 35.5. The maximum Gasteiger partial charge on any atom is 0.242 e. The number of halogens is 2. The Morgan fingerprint density at radius 2 is 1.74 bits per heavy atom. The van der Waals surface area contributed by atoms with Crippen molar-refractivity contribution in [2.45, 2.75) is 45.7 Å². The van der Waals surface area contributed by atoms with E-state index in [1.165, 1.54) is 16.3 Å². The van der Waals surface area contributed by atoms with E-state index in [0.717, 1.165) is 11.8 Å². The number of aryl methyl sites for hydroxylation is 1. The van der Waals surface area contributed by atoms with Crippen LogP contribution in [-0.2, 0) is 26.2 Å². The first-order valence-corrected chi connectivity index (χ1v) is 13.6. The molecule has 2 amide bonds. The number of sulfonamides is 1. The summed E-state index contributed by atoms with van der Waals surface area (Å²) in [6.45, 7) is 4.02. The molecule has 0 aliphatic heterocycles. The van der Waals surface area contributed by atoms with E-state index in [-0.39, 0.29) is 37.7 Å². The van der Waals surface area contributed by atoms with Crippen LogP contribution in [0.2, 0.25) is 10.0 Å². The van der Waals surface area contributed by atoms with Crippen LogP contribution in [0.4, 0.5) is 5.69 Å². The van der Waals surface area contributed by atoms with E-state index in [9.17, 15) is 18.0 Å². The molecule has 0 aliphatic carbocycles. The average Bonchev–Trinajstić information content (AvgIpc) is 2.77. The van der Waals surface area contributed by atoms with Crippen molar-refractivity contribution in [2.75, 3.05) is 24.2 Å². The molecule has 2 aromatic rings. The van der Waals surface area contributed by atoms with Crippen molar-refractivity contribution in [1.29, 1.82) is 0 Å². The first kappa shape index (κ1) is 28.0. The molecule has 1 atom stereocenters. The second kappa shape index (κ2) is 12.4. The highest BCUT2D eigenvalue weighted by molar-refractivity contribution is 7.92. The van der Waals surface area contributed by atoms with Gasteiger partial charge in [0.25, 0.3) is 0 Å². The Morgan fingerprint density at radius 3 is 2.26 bits per heavy atom. The molecular weight excluding hydrogens is 497 g/mol. The third-order valence-corrected chi connectivity index (χ3v) is 7.24. The second-order valence-electron chi connectivity index (χ2n) is 8.07. The SMILES string of the molecule is CC[C@H](C(=O)NC)N(Cc1ccc(Cl)cc1Cl)C(=O)CCCN(c1ccc(C)cc1)S(C)(=O)=O. The lowest BCUT2D eigenvalue weighted by Gasteiger charge is -2.31. The summed E-state index contributed by atoms with van der Waals surface area (Å²) >= 11 is 12.3.